The molecule has 9 nitrogen and oxygen atoms in total. The molecule has 7 rings (SSSR count). The number of anilines is 1. The summed E-state index contributed by atoms with van der Waals surface area (Å²) in [7, 11) is 0. The van der Waals surface area contributed by atoms with Crippen LogP contribution < -0.4 is 5.43 Å². The highest BCUT2D eigenvalue weighted by atomic mass is 35.5. The fourth-order valence-corrected chi connectivity index (χ4v) is 7.81. The predicted octanol–water partition coefficient (Wildman–Crippen LogP) is 4.56. The molecule has 11 heteroatoms. The third kappa shape index (κ3) is 3.86. The predicted molar refractivity (Wildman–Crippen MR) is 151 cm³/mol. The lowest BCUT2D eigenvalue weighted by Crippen LogP contribution is -2.53. The van der Waals surface area contributed by atoms with Gasteiger partial charge >= 0.3 is 0 Å². The summed E-state index contributed by atoms with van der Waals surface area (Å²) in [6.45, 7) is 0. The number of phenolic OH excluding ortho intramolecular Hbond substituents is 1. The van der Waals surface area contributed by atoms with Gasteiger partial charge in [0, 0.05) is 10.9 Å². The maximum atomic E-state index is 14.8. The van der Waals surface area contributed by atoms with Crippen LogP contribution in [0.4, 0.5) is 10.1 Å². The number of hydrogen-bond acceptors (Lipinski definition) is 7. The van der Waals surface area contributed by atoms with Crippen molar-refractivity contribution in [3.05, 3.63) is 106 Å². The second kappa shape index (κ2) is 9.75. The van der Waals surface area contributed by atoms with Crippen LogP contribution in [0.3, 0.4) is 0 Å². The van der Waals surface area contributed by atoms with Gasteiger partial charge in [0.05, 0.1) is 28.9 Å². The number of rotatable bonds is 4. The van der Waals surface area contributed by atoms with Gasteiger partial charge in [-0.25, -0.2) is 4.39 Å². The fraction of sp³-hybridized carbons (Fsp3) is 0.250. The van der Waals surface area contributed by atoms with Crippen LogP contribution in [0.15, 0.2) is 84.4 Å². The number of halogens is 2. The molecule has 2 aliphatic heterocycles. The maximum absolute atomic E-state index is 14.8. The molecule has 2 heterocycles. The topological polar surface area (TPSA) is 127 Å². The Morgan fingerprint density at radius 1 is 0.860 bits per heavy atom. The molecule has 218 valence electrons. The minimum atomic E-state index is -1.51. The van der Waals surface area contributed by atoms with E-state index in [1.54, 1.807) is 36.4 Å². The number of amides is 4. The molecular weight excluding hydrogens is 577 g/mol. The van der Waals surface area contributed by atoms with E-state index < -0.39 is 64.5 Å². The summed E-state index contributed by atoms with van der Waals surface area (Å²) in [4.78, 5) is 55.2. The molecule has 2 saturated heterocycles. The minimum Gasteiger partial charge on any atom is -0.508 e. The number of carbonyl (C=O) groups is 4. The summed E-state index contributed by atoms with van der Waals surface area (Å²) in [6.07, 6.45) is 2.09. The first-order valence-electron chi connectivity index (χ1n) is 13.8. The number of aromatic hydroxyl groups is 1. The molecule has 2 aliphatic carbocycles. The highest BCUT2D eigenvalue weighted by molar-refractivity contribution is 6.30. The molecule has 0 aromatic heterocycles. The highest BCUT2D eigenvalue weighted by Gasteiger charge is 2.70. The van der Waals surface area contributed by atoms with Gasteiger partial charge < -0.3 is 5.11 Å². The lowest BCUT2D eigenvalue weighted by Gasteiger charge is -2.50. The summed E-state index contributed by atoms with van der Waals surface area (Å²) >= 11 is 6.25. The number of allylic oxidation sites excluding steroid dienone is 2. The number of hydroxylamine groups is 2. The summed E-state index contributed by atoms with van der Waals surface area (Å²) in [5, 5.41) is 21.9. The molecule has 0 bridgehead atoms. The van der Waals surface area contributed by atoms with Gasteiger partial charge in [0.1, 0.15) is 11.6 Å². The van der Waals surface area contributed by atoms with Crippen LogP contribution in [-0.4, -0.2) is 44.0 Å². The van der Waals surface area contributed by atoms with E-state index in [2.05, 4.69) is 5.43 Å². The second-order valence-corrected chi connectivity index (χ2v) is 11.9. The zero-order valence-electron chi connectivity index (χ0n) is 22.5. The van der Waals surface area contributed by atoms with E-state index in [4.69, 9.17) is 11.6 Å². The molecule has 3 fully saturated rings. The molecule has 6 atom stereocenters. The zero-order chi connectivity index (χ0) is 30.2. The van der Waals surface area contributed by atoms with Crippen LogP contribution in [-0.2, 0) is 24.6 Å². The normalized spacial score (nSPS) is 29.7. The van der Waals surface area contributed by atoms with Crippen molar-refractivity contribution in [3.63, 3.8) is 0 Å². The molecule has 4 aliphatic rings. The molecule has 4 amide bonds. The fourth-order valence-electron chi connectivity index (χ4n) is 7.68. The Labute approximate surface area is 250 Å². The lowest BCUT2D eigenvalue weighted by atomic mass is 9.49. The van der Waals surface area contributed by atoms with Crippen LogP contribution in [0.5, 0.6) is 5.75 Å². The first-order valence-corrected chi connectivity index (χ1v) is 14.2. The van der Waals surface area contributed by atoms with Crippen molar-refractivity contribution in [2.75, 3.05) is 5.43 Å². The summed E-state index contributed by atoms with van der Waals surface area (Å²) in [5.74, 6) is -7.08. The molecule has 3 aromatic rings. The number of imide groups is 2. The highest BCUT2D eigenvalue weighted by Crippen LogP contribution is 2.64. The standard InChI is InChI=1S/C32H25ClFN3O6/c33-18-5-3-17(4-6-18)32-25(29(40)36(31(32)42)35-20-9-7-19(34)8-10-20)15-24-22(27(32)16-1-11-21(38)12-2-16)13-14-23-26(24)30(41)37(43)28(23)39/h1-13,23-27,35,38,43H,14-15H2/t23-,24+,25-,26-,27-,32+/m0/s1. The van der Waals surface area contributed by atoms with Gasteiger partial charge in [-0.05, 0) is 78.4 Å². The lowest BCUT2D eigenvalue weighted by molar-refractivity contribution is -0.173. The molecular formula is C32H25ClFN3O6. The van der Waals surface area contributed by atoms with E-state index in [0.717, 1.165) is 5.01 Å². The van der Waals surface area contributed by atoms with Gasteiger partial charge in [-0.1, -0.05) is 47.5 Å². The second-order valence-electron chi connectivity index (χ2n) is 11.5. The number of hydrazine groups is 1. The number of nitrogens with one attached hydrogen (secondary N) is 1. The quantitative estimate of drug-likeness (QED) is 0.227. The molecule has 3 N–H and O–H groups in total. The summed E-state index contributed by atoms with van der Waals surface area (Å²) in [6, 6.07) is 18.3. The van der Waals surface area contributed by atoms with Crippen molar-refractivity contribution in [3.8, 4) is 5.75 Å². The van der Waals surface area contributed by atoms with E-state index in [1.165, 1.54) is 36.4 Å². The first kappa shape index (κ1) is 27.3. The van der Waals surface area contributed by atoms with E-state index in [1.807, 2.05) is 6.08 Å². The van der Waals surface area contributed by atoms with E-state index in [0.29, 0.717) is 27.4 Å². The van der Waals surface area contributed by atoms with Crippen LogP contribution in [0, 0.1) is 29.5 Å². The van der Waals surface area contributed by atoms with Crippen LogP contribution in [0.25, 0.3) is 0 Å². The molecule has 0 radical (unpaired) electrons. The van der Waals surface area contributed by atoms with E-state index in [9.17, 15) is 33.9 Å². The van der Waals surface area contributed by atoms with Gasteiger partial charge in [-0.2, -0.15) is 10.1 Å². The van der Waals surface area contributed by atoms with Gasteiger partial charge in [0.2, 0.25) is 0 Å². The van der Waals surface area contributed by atoms with Crippen molar-refractivity contribution in [1.29, 1.82) is 0 Å². The molecule has 0 unspecified atom stereocenters. The largest absolute Gasteiger partial charge is 0.508 e. The Bertz CT molecular complexity index is 1710. The van der Waals surface area contributed by atoms with Crippen molar-refractivity contribution < 1.29 is 33.9 Å². The number of phenols is 1. The van der Waals surface area contributed by atoms with Crippen LogP contribution in [0.2, 0.25) is 5.02 Å². The van der Waals surface area contributed by atoms with Crippen molar-refractivity contribution in [2.45, 2.75) is 24.2 Å². The van der Waals surface area contributed by atoms with Crippen molar-refractivity contribution in [1.82, 2.24) is 10.1 Å². The zero-order valence-corrected chi connectivity index (χ0v) is 23.2. The average molecular weight is 602 g/mol. The van der Waals surface area contributed by atoms with Gasteiger partial charge in [-0.3, -0.25) is 29.8 Å². The van der Waals surface area contributed by atoms with E-state index >= 15 is 0 Å². The molecule has 1 saturated carbocycles. The number of benzene rings is 3. The van der Waals surface area contributed by atoms with Gasteiger partial charge in [-0.15, -0.1) is 0 Å². The Morgan fingerprint density at radius 3 is 2.21 bits per heavy atom. The Balaban J connectivity index is 1.46. The third-order valence-corrected chi connectivity index (χ3v) is 9.71. The third-order valence-electron chi connectivity index (χ3n) is 9.46. The first-order chi connectivity index (χ1) is 20.6. The summed E-state index contributed by atoms with van der Waals surface area (Å²) < 4.78 is 13.7. The van der Waals surface area contributed by atoms with Crippen molar-refractivity contribution >= 4 is 40.9 Å². The SMILES string of the molecule is O=C1[C@H]2[C@H](CC=C3[C@H]2C[C@H]2C(=O)N(Nc4ccc(F)cc4)C(=O)[C@@]2(c2ccc(Cl)cc2)[C@H]3c2ccc(O)cc2)C(=O)N1O. The number of carbonyl (C=O) groups excluding carboxylic acids is 4. The molecule has 0 spiro atoms. The maximum Gasteiger partial charge on any atom is 0.260 e. The number of hydrogen-bond donors (Lipinski definition) is 3. The number of nitrogens with zero attached hydrogens (tertiary/aromatic N) is 2. The van der Waals surface area contributed by atoms with Crippen LogP contribution >= 0.6 is 11.6 Å². The van der Waals surface area contributed by atoms with Gasteiger partial charge in [0.25, 0.3) is 23.6 Å². The van der Waals surface area contributed by atoms with Crippen molar-refractivity contribution in [2.24, 2.45) is 23.7 Å². The smallest absolute Gasteiger partial charge is 0.260 e. The van der Waals surface area contributed by atoms with Gasteiger partial charge in [0.15, 0.2) is 0 Å². The summed E-state index contributed by atoms with van der Waals surface area (Å²) in [5.41, 5.74) is 3.54. The Hall–Kier alpha value is -4.54. The molecule has 3 aromatic carbocycles. The average Bonchev–Trinajstić information content (AvgIpc) is 3.35. The van der Waals surface area contributed by atoms with Crippen LogP contribution in [0.1, 0.15) is 29.9 Å². The Morgan fingerprint density at radius 2 is 1.53 bits per heavy atom. The minimum absolute atomic E-state index is 0.00630. The monoisotopic (exact) mass is 601 g/mol. The Kier molecular flexibility index (Phi) is 6.19. The molecule has 43 heavy (non-hydrogen) atoms. The number of fused-ring (bicyclic) bond motifs is 4. The van der Waals surface area contributed by atoms with E-state index in [-0.39, 0.29) is 23.7 Å².